The number of carboxylic acid groups (broad SMARTS) is 5. The van der Waals surface area contributed by atoms with Crippen LogP contribution in [0.2, 0.25) is 0 Å². The summed E-state index contributed by atoms with van der Waals surface area (Å²) in [5.74, 6) is -12.8. The quantitative estimate of drug-likeness (QED) is 0.0180. The number of Topliss-reactive ketones (excluding diaryl/α,β-unsaturated/α-hetero) is 2. The molecule has 0 heterocycles. The number of nitrogens with two attached hydrogens (primary N) is 2. The lowest BCUT2D eigenvalue weighted by molar-refractivity contribution is -0.143. The predicted molar refractivity (Wildman–Crippen MR) is 224 cm³/mol. The highest BCUT2D eigenvalue weighted by Crippen LogP contribution is 2.16. The lowest BCUT2D eigenvalue weighted by Gasteiger charge is -2.23. The van der Waals surface area contributed by atoms with Crippen LogP contribution in [0.5, 0.6) is 0 Å². The molecule has 1 rings (SSSR count). The van der Waals surface area contributed by atoms with E-state index in [1.807, 2.05) is 5.32 Å². The van der Waals surface area contributed by atoms with Crippen LogP contribution in [-0.4, -0.2) is 158 Å². The molecular weight excluding hydrogens is 889 g/mol. The minimum Gasteiger partial charge on any atom is -0.481 e. The highest BCUT2D eigenvalue weighted by atomic mass is 32.1. The predicted octanol–water partition coefficient (Wildman–Crippen LogP) is -3.68. The molecule has 1 unspecified atom stereocenters. The second kappa shape index (κ2) is 29.6. The molecule has 360 valence electrons. The molecule has 0 fully saturated rings. The van der Waals surface area contributed by atoms with Crippen molar-refractivity contribution >= 4 is 84.3 Å². The largest absolute Gasteiger partial charge is 0.481 e. The molecule has 0 aliphatic heterocycles. The summed E-state index contributed by atoms with van der Waals surface area (Å²) in [6.07, 6.45) is -5.58. The molecule has 65 heavy (non-hydrogen) atoms. The fraction of sp³-hybridized carbons (Fsp3) is 0.526. The van der Waals surface area contributed by atoms with Crippen molar-refractivity contribution in [3.63, 3.8) is 0 Å². The molecule has 0 aliphatic carbocycles. The van der Waals surface area contributed by atoms with Gasteiger partial charge in [0, 0.05) is 50.4 Å². The third kappa shape index (κ3) is 23.0. The number of hydrogen-bond donors (Lipinski definition) is 14. The third-order valence-corrected chi connectivity index (χ3v) is 9.58. The SMILES string of the molecule is NC(CN[C@@H](CC(=O)O)C(=O)N[C@@H](CS)C(=O)O)C(=O)[C@@H](N)CNC(=O)[C@@H](CC(=O)CC[C@H](NC(=O)CC[C@H](NC(=O)N[C@@H](CCC(=O)O)OC=O)C(=O)O)C(=O)O)Cc1ccccc1. The summed E-state index contributed by atoms with van der Waals surface area (Å²) in [6, 6.07) is -1.91. The Morgan fingerprint density at radius 1 is 0.646 bits per heavy atom. The maximum absolute atomic E-state index is 13.4. The molecule has 5 amide bonds. The van der Waals surface area contributed by atoms with E-state index in [0.717, 1.165) is 0 Å². The van der Waals surface area contributed by atoms with E-state index in [4.69, 9.17) is 21.7 Å². The van der Waals surface area contributed by atoms with Gasteiger partial charge in [0.1, 0.15) is 23.9 Å². The van der Waals surface area contributed by atoms with Crippen molar-refractivity contribution in [3.8, 4) is 0 Å². The Morgan fingerprint density at radius 2 is 1.23 bits per heavy atom. The molecule has 8 atom stereocenters. The Labute approximate surface area is 375 Å². The molecule has 0 saturated carbocycles. The number of carbonyl (C=O) groups excluding carboxylic acids is 7. The smallest absolute Gasteiger partial charge is 0.327 e. The second-order valence-corrected chi connectivity index (χ2v) is 14.7. The summed E-state index contributed by atoms with van der Waals surface area (Å²) >= 11 is 3.83. The van der Waals surface area contributed by atoms with Crippen LogP contribution in [0, 0.1) is 5.92 Å². The topological polar surface area (TPSA) is 439 Å². The number of amides is 5. The molecule has 0 spiro atoms. The van der Waals surface area contributed by atoms with Gasteiger partial charge in [-0.3, -0.25) is 38.4 Å². The highest BCUT2D eigenvalue weighted by molar-refractivity contribution is 7.80. The number of ether oxygens (including phenoxy) is 1. The lowest BCUT2D eigenvalue weighted by atomic mass is 9.91. The summed E-state index contributed by atoms with van der Waals surface area (Å²) in [7, 11) is 0. The molecule has 27 heteroatoms. The molecule has 0 aliphatic rings. The van der Waals surface area contributed by atoms with Crippen molar-refractivity contribution in [2.75, 3.05) is 18.8 Å². The number of ketones is 2. The minimum absolute atomic E-state index is 0.0109. The Kier molecular flexibility index (Phi) is 25.7. The molecule has 0 saturated heterocycles. The maximum atomic E-state index is 13.4. The van der Waals surface area contributed by atoms with Gasteiger partial charge in [-0.05, 0) is 24.8 Å². The van der Waals surface area contributed by atoms with Gasteiger partial charge in [0.2, 0.25) is 17.7 Å². The molecule has 1 aromatic rings. The van der Waals surface area contributed by atoms with E-state index in [1.165, 1.54) is 0 Å². The van der Waals surface area contributed by atoms with Gasteiger partial charge in [-0.15, -0.1) is 0 Å². The molecule has 0 aromatic heterocycles. The van der Waals surface area contributed by atoms with Gasteiger partial charge in [-0.1, -0.05) is 30.3 Å². The first-order valence-electron chi connectivity index (χ1n) is 19.7. The first-order chi connectivity index (χ1) is 30.6. The maximum Gasteiger partial charge on any atom is 0.327 e. The summed E-state index contributed by atoms with van der Waals surface area (Å²) in [6.45, 7) is -1.02. The van der Waals surface area contributed by atoms with E-state index in [0.29, 0.717) is 5.56 Å². The molecule has 26 nitrogen and oxygen atoms in total. The number of hydrogen-bond acceptors (Lipinski definition) is 17. The first-order valence-corrected chi connectivity index (χ1v) is 20.3. The monoisotopic (exact) mass is 942 g/mol. The van der Waals surface area contributed by atoms with Crippen LogP contribution in [0.15, 0.2) is 30.3 Å². The zero-order valence-electron chi connectivity index (χ0n) is 34.7. The number of carbonyl (C=O) groups is 12. The van der Waals surface area contributed by atoms with Crippen LogP contribution in [0.1, 0.15) is 56.9 Å². The van der Waals surface area contributed by atoms with Crippen molar-refractivity contribution in [3.05, 3.63) is 35.9 Å². The molecular formula is C38H54N8O18S. The van der Waals surface area contributed by atoms with Crippen molar-refractivity contribution < 1.29 is 87.8 Å². The zero-order valence-corrected chi connectivity index (χ0v) is 35.6. The van der Waals surface area contributed by atoms with Gasteiger partial charge in [0.25, 0.3) is 6.47 Å². The van der Waals surface area contributed by atoms with Gasteiger partial charge in [-0.2, -0.15) is 12.6 Å². The first kappa shape index (κ1) is 56.3. The Bertz CT molecular complexity index is 1860. The van der Waals surface area contributed by atoms with E-state index in [9.17, 15) is 72.9 Å². The lowest BCUT2D eigenvalue weighted by Crippen LogP contribution is -2.56. The average molecular weight is 943 g/mol. The number of carboxylic acids is 5. The van der Waals surface area contributed by atoms with Crippen LogP contribution in [-0.2, 0) is 63.9 Å². The van der Waals surface area contributed by atoms with E-state index < -0.39 is 172 Å². The second-order valence-electron chi connectivity index (χ2n) is 14.3. The summed E-state index contributed by atoms with van der Waals surface area (Å²) in [5, 5.41) is 59.8. The highest BCUT2D eigenvalue weighted by Gasteiger charge is 2.31. The Balaban J connectivity index is 2.88. The van der Waals surface area contributed by atoms with Gasteiger partial charge in [-0.25, -0.2) is 19.2 Å². The van der Waals surface area contributed by atoms with Crippen molar-refractivity contribution in [2.45, 2.75) is 100 Å². The zero-order chi connectivity index (χ0) is 49.2. The van der Waals surface area contributed by atoms with Crippen LogP contribution < -0.4 is 43.4 Å². The van der Waals surface area contributed by atoms with Gasteiger partial charge >= 0.3 is 35.9 Å². The standard InChI is InChI=1S/C38H54N8O18S/c39-22(15-41-26(14-31(52)53)34(56)44-27(17-65)37(61)62)32(54)23(40)16-42-33(55)20(12-19-4-2-1-3-5-19)13-21(48)6-7-24(35(57)58)43-28(49)9-8-25(36(59)60)45-38(63)46-29(64-18-47)10-11-30(50)51/h1-5,18,20,22-27,29,41,65H,6-17,39-40H2,(H,42,55)(H,43,49)(H,44,56)(H,50,51)(H,52,53)(H,57,58)(H,59,60)(H,61,62)(H2,45,46,63)/t20-,22?,23+,24+,25+,26+,27+,29-/m1/s1. The number of thiol groups is 1. The minimum atomic E-state index is -1.71. The Morgan fingerprint density at radius 3 is 1.78 bits per heavy atom. The molecule has 1 aromatic carbocycles. The fourth-order valence-corrected chi connectivity index (χ4v) is 5.97. The average Bonchev–Trinajstić information content (AvgIpc) is 3.24. The van der Waals surface area contributed by atoms with Crippen LogP contribution in [0.25, 0.3) is 0 Å². The third-order valence-electron chi connectivity index (χ3n) is 9.21. The van der Waals surface area contributed by atoms with E-state index in [1.54, 1.807) is 30.3 Å². The van der Waals surface area contributed by atoms with Crippen molar-refractivity contribution in [1.82, 2.24) is 31.9 Å². The molecule has 15 N–H and O–H groups in total. The number of nitrogens with one attached hydrogen (secondary N) is 6. The van der Waals surface area contributed by atoms with Gasteiger partial charge in [0.15, 0.2) is 12.0 Å². The Hall–Kier alpha value is -6.71. The van der Waals surface area contributed by atoms with Gasteiger partial charge < -0.3 is 73.6 Å². The molecule has 0 radical (unpaired) electrons. The molecule has 0 bridgehead atoms. The van der Waals surface area contributed by atoms with Crippen LogP contribution in [0.4, 0.5) is 4.79 Å². The van der Waals surface area contributed by atoms with E-state index in [-0.39, 0.29) is 25.1 Å². The van der Waals surface area contributed by atoms with Crippen LogP contribution >= 0.6 is 12.6 Å². The van der Waals surface area contributed by atoms with E-state index >= 15 is 0 Å². The summed E-state index contributed by atoms with van der Waals surface area (Å²) in [5.41, 5.74) is 12.6. The summed E-state index contributed by atoms with van der Waals surface area (Å²) in [4.78, 5) is 145. The number of aliphatic carboxylic acids is 5. The number of rotatable bonds is 34. The van der Waals surface area contributed by atoms with Crippen LogP contribution in [0.3, 0.4) is 0 Å². The normalized spacial score (nSPS) is 14.5. The number of benzene rings is 1. The number of urea groups is 1. The fourth-order valence-electron chi connectivity index (χ4n) is 5.73. The van der Waals surface area contributed by atoms with Crippen molar-refractivity contribution in [2.24, 2.45) is 17.4 Å². The van der Waals surface area contributed by atoms with Crippen molar-refractivity contribution in [1.29, 1.82) is 0 Å². The van der Waals surface area contributed by atoms with Gasteiger partial charge in [0.05, 0.1) is 31.0 Å². The summed E-state index contributed by atoms with van der Waals surface area (Å²) < 4.78 is 4.56. The van der Waals surface area contributed by atoms with E-state index in [2.05, 4.69) is 43.9 Å².